The number of piperidine rings is 1. The van der Waals surface area contributed by atoms with Crippen LogP contribution >= 0.6 is 0 Å². The molecule has 2 atom stereocenters. The highest BCUT2D eigenvalue weighted by Crippen LogP contribution is 2.41. The van der Waals surface area contributed by atoms with E-state index in [1.165, 1.54) is 0 Å². The first-order valence-corrected chi connectivity index (χ1v) is 11.6. The summed E-state index contributed by atoms with van der Waals surface area (Å²) in [6.07, 6.45) is 2.73. The lowest BCUT2D eigenvalue weighted by molar-refractivity contribution is -0.148. The molecule has 2 aromatic rings. The standard InChI is InChI=1S/C25H27N5O5/c1-3-13-35-18-8-6-5-7-16(18)19-17(14-26)22(31)27-21-20(19)23(32)29-25(28-21)30-11-9-15(10-12-30)24(33)34-4-2/h3,5-8,15,17,19H,1,4,9-13H2,2H3,(H2,27,28,29,31,32). The molecule has 35 heavy (non-hydrogen) atoms. The molecule has 1 aromatic carbocycles. The molecule has 1 amide bonds. The number of nitriles is 1. The third-order valence-corrected chi connectivity index (χ3v) is 6.28. The highest BCUT2D eigenvalue weighted by Gasteiger charge is 2.42. The number of fused-ring (bicyclic) bond motifs is 1. The van der Waals surface area contributed by atoms with Crippen molar-refractivity contribution in [2.45, 2.75) is 25.7 Å². The van der Waals surface area contributed by atoms with Gasteiger partial charge in [0.2, 0.25) is 11.9 Å². The van der Waals surface area contributed by atoms with Crippen LogP contribution < -0.4 is 20.5 Å². The second-order valence-corrected chi connectivity index (χ2v) is 8.38. The number of H-pyrrole nitrogens is 1. The van der Waals surface area contributed by atoms with Crippen LogP contribution in [-0.2, 0) is 14.3 Å². The first kappa shape index (κ1) is 24.0. The van der Waals surface area contributed by atoms with Crippen molar-refractivity contribution in [2.24, 2.45) is 11.8 Å². The quantitative estimate of drug-likeness (QED) is 0.458. The number of ether oxygens (including phenoxy) is 2. The summed E-state index contributed by atoms with van der Waals surface area (Å²) in [5.74, 6) is -2.04. The van der Waals surface area contributed by atoms with Crippen molar-refractivity contribution >= 4 is 23.6 Å². The Morgan fingerprint density at radius 3 is 2.74 bits per heavy atom. The third kappa shape index (κ3) is 4.75. The van der Waals surface area contributed by atoms with Gasteiger partial charge in [-0.15, -0.1) is 0 Å². The van der Waals surface area contributed by atoms with Gasteiger partial charge in [0.1, 0.15) is 24.1 Å². The van der Waals surface area contributed by atoms with Gasteiger partial charge in [0, 0.05) is 24.6 Å². The molecular formula is C25H27N5O5. The van der Waals surface area contributed by atoms with Crippen LogP contribution in [0.3, 0.4) is 0 Å². The maximum absolute atomic E-state index is 13.3. The predicted octanol–water partition coefficient (Wildman–Crippen LogP) is 2.34. The van der Waals surface area contributed by atoms with E-state index in [0.29, 0.717) is 49.8 Å². The number of para-hydroxylation sites is 1. The molecule has 2 aliphatic heterocycles. The van der Waals surface area contributed by atoms with E-state index >= 15 is 0 Å². The Kier molecular flexibility index (Phi) is 7.15. The van der Waals surface area contributed by atoms with Gasteiger partial charge in [0.05, 0.1) is 24.2 Å². The van der Waals surface area contributed by atoms with Gasteiger partial charge in [-0.3, -0.25) is 19.4 Å². The van der Waals surface area contributed by atoms with Crippen LogP contribution in [0.25, 0.3) is 0 Å². The average Bonchev–Trinajstić information content (AvgIpc) is 2.87. The van der Waals surface area contributed by atoms with Crippen LogP contribution in [-0.4, -0.2) is 48.1 Å². The van der Waals surface area contributed by atoms with E-state index in [1.54, 1.807) is 37.3 Å². The van der Waals surface area contributed by atoms with Crippen LogP contribution in [0.5, 0.6) is 5.75 Å². The van der Waals surface area contributed by atoms with Crippen LogP contribution in [0.15, 0.2) is 41.7 Å². The molecule has 2 unspecified atom stereocenters. The molecule has 0 radical (unpaired) electrons. The summed E-state index contributed by atoms with van der Waals surface area (Å²) in [7, 11) is 0. The molecule has 3 heterocycles. The van der Waals surface area contributed by atoms with Gasteiger partial charge in [0.25, 0.3) is 5.56 Å². The van der Waals surface area contributed by atoms with Gasteiger partial charge >= 0.3 is 5.97 Å². The lowest BCUT2D eigenvalue weighted by Crippen LogP contribution is -2.41. The summed E-state index contributed by atoms with van der Waals surface area (Å²) >= 11 is 0. The van der Waals surface area contributed by atoms with Crippen molar-refractivity contribution in [3.8, 4) is 11.8 Å². The Balaban J connectivity index is 1.69. The fraction of sp³-hybridized carbons (Fsp3) is 0.400. The van der Waals surface area contributed by atoms with Crippen molar-refractivity contribution in [2.75, 3.05) is 36.5 Å². The monoisotopic (exact) mass is 477 g/mol. The number of nitrogens with zero attached hydrogens (tertiary/aromatic N) is 3. The number of carbonyl (C=O) groups excluding carboxylic acids is 2. The lowest BCUT2D eigenvalue weighted by atomic mass is 9.79. The topological polar surface area (TPSA) is 137 Å². The van der Waals surface area contributed by atoms with Crippen molar-refractivity contribution in [3.63, 3.8) is 0 Å². The first-order chi connectivity index (χ1) is 17.0. The van der Waals surface area contributed by atoms with E-state index in [2.05, 4.69) is 21.9 Å². The SMILES string of the molecule is C=CCOc1ccccc1C1c2c(nc(N3CCC(C(=O)OCC)CC3)[nH]c2=O)NC(=O)C1C#N. The Morgan fingerprint density at radius 2 is 2.06 bits per heavy atom. The van der Waals surface area contributed by atoms with E-state index in [9.17, 15) is 19.6 Å². The van der Waals surface area contributed by atoms with Crippen LogP contribution in [0.4, 0.5) is 11.8 Å². The van der Waals surface area contributed by atoms with E-state index in [4.69, 9.17) is 9.47 Å². The summed E-state index contributed by atoms with van der Waals surface area (Å²) < 4.78 is 10.9. The van der Waals surface area contributed by atoms with Gasteiger partial charge in [-0.25, -0.2) is 0 Å². The van der Waals surface area contributed by atoms with Crippen molar-refractivity contribution < 1.29 is 19.1 Å². The Hall–Kier alpha value is -4.13. The third-order valence-electron chi connectivity index (χ3n) is 6.28. The Morgan fingerprint density at radius 1 is 1.31 bits per heavy atom. The molecule has 2 aliphatic rings. The number of nitrogens with one attached hydrogen (secondary N) is 2. The molecule has 1 fully saturated rings. The molecule has 0 spiro atoms. The zero-order valence-corrected chi connectivity index (χ0v) is 19.5. The largest absolute Gasteiger partial charge is 0.489 e. The van der Waals surface area contributed by atoms with Crippen molar-refractivity contribution in [3.05, 3.63) is 58.4 Å². The van der Waals surface area contributed by atoms with E-state index < -0.39 is 23.3 Å². The van der Waals surface area contributed by atoms with Crippen LogP contribution in [0, 0.1) is 23.2 Å². The number of benzene rings is 1. The predicted molar refractivity (Wildman–Crippen MR) is 128 cm³/mol. The molecule has 1 saturated heterocycles. The second kappa shape index (κ2) is 10.4. The van der Waals surface area contributed by atoms with Crippen molar-refractivity contribution in [1.82, 2.24) is 9.97 Å². The molecule has 0 saturated carbocycles. The average molecular weight is 478 g/mol. The molecular weight excluding hydrogens is 450 g/mol. The first-order valence-electron chi connectivity index (χ1n) is 11.6. The number of aromatic nitrogens is 2. The number of carbonyl (C=O) groups is 2. The van der Waals surface area contributed by atoms with Gasteiger partial charge < -0.3 is 19.7 Å². The summed E-state index contributed by atoms with van der Waals surface area (Å²) in [5.41, 5.74) is 0.310. The normalized spacial score (nSPS) is 19.8. The number of rotatable bonds is 7. The van der Waals surface area contributed by atoms with Gasteiger partial charge in [0.15, 0.2) is 0 Å². The lowest BCUT2D eigenvalue weighted by Gasteiger charge is -2.33. The molecule has 10 nitrogen and oxygen atoms in total. The van der Waals surface area contributed by atoms with Gasteiger partial charge in [-0.05, 0) is 25.8 Å². The zero-order chi connectivity index (χ0) is 24.9. The molecule has 4 rings (SSSR count). The summed E-state index contributed by atoms with van der Waals surface area (Å²) in [4.78, 5) is 47.5. The zero-order valence-electron chi connectivity index (χ0n) is 19.5. The minimum Gasteiger partial charge on any atom is -0.489 e. The fourth-order valence-electron chi connectivity index (χ4n) is 4.59. The molecule has 2 N–H and O–H groups in total. The second-order valence-electron chi connectivity index (χ2n) is 8.38. The van der Waals surface area contributed by atoms with Gasteiger partial charge in [-0.2, -0.15) is 10.2 Å². The number of amides is 1. The number of anilines is 2. The summed E-state index contributed by atoms with van der Waals surface area (Å²) in [5, 5.41) is 12.4. The summed E-state index contributed by atoms with van der Waals surface area (Å²) in [6.45, 7) is 7.00. The number of hydrogen-bond acceptors (Lipinski definition) is 8. The minimum atomic E-state index is -1.13. The molecule has 182 valence electrons. The van der Waals surface area contributed by atoms with Crippen molar-refractivity contribution in [1.29, 1.82) is 5.26 Å². The molecule has 10 heteroatoms. The van der Waals surface area contributed by atoms with E-state index in [0.717, 1.165) is 0 Å². The fourth-order valence-corrected chi connectivity index (χ4v) is 4.59. The molecule has 0 aliphatic carbocycles. The number of hydrogen-bond donors (Lipinski definition) is 2. The molecule has 1 aromatic heterocycles. The highest BCUT2D eigenvalue weighted by molar-refractivity contribution is 5.98. The van der Waals surface area contributed by atoms with E-state index in [1.807, 2.05) is 11.0 Å². The minimum absolute atomic E-state index is 0.122. The number of esters is 1. The maximum Gasteiger partial charge on any atom is 0.309 e. The van der Waals surface area contributed by atoms with E-state index in [-0.39, 0.29) is 29.9 Å². The van der Waals surface area contributed by atoms with Crippen LogP contribution in [0.2, 0.25) is 0 Å². The molecule has 0 bridgehead atoms. The summed E-state index contributed by atoms with van der Waals surface area (Å²) in [6, 6.07) is 9.04. The van der Waals surface area contributed by atoms with Gasteiger partial charge in [-0.1, -0.05) is 30.9 Å². The Labute approximate surface area is 202 Å². The highest BCUT2D eigenvalue weighted by atomic mass is 16.5. The number of aromatic amines is 1. The maximum atomic E-state index is 13.3. The Bertz CT molecular complexity index is 1230. The smallest absolute Gasteiger partial charge is 0.309 e. The van der Waals surface area contributed by atoms with Crippen LogP contribution in [0.1, 0.15) is 36.8 Å².